The number of halogens is 4. The van der Waals surface area contributed by atoms with E-state index in [2.05, 4.69) is 11.8 Å². The van der Waals surface area contributed by atoms with Gasteiger partial charge in [0.25, 0.3) is 0 Å². The molecule has 8 heteroatoms. The molecule has 0 saturated carbocycles. The van der Waals surface area contributed by atoms with Crippen molar-refractivity contribution in [1.82, 2.24) is 5.32 Å². The van der Waals surface area contributed by atoms with Gasteiger partial charge in [0, 0.05) is 19.6 Å². The van der Waals surface area contributed by atoms with Crippen LogP contribution in [0.4, 0.5) is 18.9 Å². The standard InChI is InChI=1S/C18H25F3N2O2.ClH/c1-2-3-11-25-16-8-7-14(13-22-17(24)18(19,20)21)12-15(16)23-9-5-4-6-10-23;/h7-8,12H,2-6,9-11,13H2,1H3,(H,22,24);1H. The topological polar surface area (TPSA) is 41.6 Å². The summed E-state index contributed by atoms with van der Waals surface area (Å²) in [5.74, 6) is -1.17. The molecule has 1 aromatic carbocycles. The van der Waals surface area contributed by atoms with Crippen LogP contribution in [0.5, 0.6) is 5.75 Å². The summed E-state index contributed by atoms with van der Waals surface area (Å²) >= 11 is 0. The van der Waals surface area contributed by atoms with Gasteiger partial charge in [-0.25, -0.2) is 0 Å². The number of nitrogens with one attached hydrogen (secondary N) is 1. The first-order valence-corrected chi connectivity index (χ1v) is 8.77. The minimum absolute atomic E-state index is 0. The van der Waals surface area contributed by atoms with Crippen molar-refractivity contribution in [2.24, 2.45) is 0 Å². The number of ether oxygens (including phenoxy) is 1. The highest BCUT2D eigenvalue weighted by molar-refractivity contribution is 5.85. The van der Waals surface area contributed by atoms with Crippen LogP contribution < -0.4 is 15.0 Å². The lowest BCUT2D eigenvalue weighted by atomic mass is 10.1. The number of anilines is 1. The fourth-order valence-electron chi connectivity index (χ4n) is 2.79. The molecule has 1 saturated heterocycles. The fourth-order valence-corrected chi connectivity index (χ4v) is 2.79. The van der Waals surface area contributed by atoms with Crippen LogP contribution in [0.3, 0.4) is 0 Å². The molecule has 1 amide bonds. The van der Waals surface area contributed by atoms with Crippen LogP contribution in [0, 0.1) is 0 Å². The van der Waals surface area contributed by atoms with E-state index >= 15 is 0 Å². The molecule has 2 rings (SSSR count). The van der Waals surface area contributed by atoms with Gasteiger partial charge in [0.2, 0.25) is 0 Å². The van der Waals surface area contributed by atoms with Crippen molar-refractivity contribution in [3.63, 3.8) is 0 Å². The molecule has 1 N–H and O–H groups in total. The van der Waals surface area contributed by atoms with E-state index < -0.39 is 12.1 Å². The average molecular weight is 395 g/mol. The molecule has 0 spiro atoms. The zero-order valence-electron chi connectivity index (χ0n) is 14.9. The maximum atomic E-state index is 12.3. The largest absolute Gasteiger partial charge is 0.491 e. The second kappa shape index (κ2) is 10.5. The summed E-state index contributed by atoms with van der Waals surface area (Å²) < 4.78 is 42.8. The van der Waals surface area contributed by atoms with Gasteiger partial charge in [0.05, 0.1) is 12.3 Å². The SMILES string of the molecule is CCCCOc1ccc(CNC(=O)C(F)(F)F)cc1N1CCCCC1.Cl. The lowest BCUT2D eigenvalue weighted by Gasteiger charge is -2.30. The maximum absolute atomic E-state index is 12.3. The zero-order valence-corrected chi connectivity index (χ0v) is 15.7. The molecule has 1 heterocycles. The molecule has 0 aromatic heterocycles. The summed E-state index contributed by atoms with van der Waals surface area (Å²) in [7, 11) is 0. The first-order chi connectivity index (χ1) is 11.9. The number of carbonyl (C=O) groups excluding carboxylic acids is 1. The molecule has 4 nitrogen and oxygen atoms in total. The second-order valence-corrected chi connectivity index (χ2v) is 6.23. The predicted molar refractivity (Wildman–Crippen MR) is 98.1 cm³/mol. The average Bonchev–Trinajstić information content (AvgIpc) is 2.60. The highest BCUT2D eigenvalue weighted by Crippen LogP contribution is 2.32. The van der Waals surface area contributed by atoms with Gasteiger partial charge in [-0.15, -0.1) is 12.4 Å². The minimum Gasteiger partial charge on any atom is -0.491 e. The normalized spacial score (nSPS) is 14.5. The number of alkyl halides is 3. The number of benzene rings is 1. The van der Waals surface area contributed by atoms with Crippen molar-refractivity contribution in [3.8, 4) is 5.75 Å². The van der Waals surface area contributed by atoms with Crippen LogP contribution in [-0.4, -0.2) is 31.8 Å². The molecule has 0 aliphatic carbocycles. The Labute approximate surface area is 158 Å². The van der Waals surface area contributed by atoms with E-state index in [-0.39, 0.29) is 19.0 Å². The van der Waals surface area contributed by atoms with Crippen LogP contribution >= 0.6 is 12.4 Å². The molecular weight excluding hydrogens is 369 g/mol. The highest BCUT2D eigenvalue weighted by atomic mass is 35.5. The maximum Gasteiger partial charge on any atom is 0.471 e. The van der Waals surface area contributed by atoms with E-state index in [1.807, 2.05) is 11.4 Å². The highest BCUT2D eigenvalue weighted by Gasteiger charge is 2.38. The Kier molecular flexibility index (Phi) is 9.05. The summed E-state index contributed by atoms with van der Waals surface area (Å²) in [5, 5.41) is 1.92. The van der Waals surface area contributed by atoms with Crippen molar-refractivity contribution in [1.29, 1.82) is 0 Å². The summed E-state index contributed by atoms with van der Waals surface area (Å²) in [6.07, 6.45) is 0.471. The number of unbranched alkanes of at least 4 members (excludes halogenated alkanes) is 1. The second-order valence-electron chi connectivity index (χ2n) is 6.23. The van der Waals surface area contributed by atoms with Crippen molar-refractivity contribution >= 4 is 24.0 Å². The Morgan fingerprint density at radius 3 is 2.54 bits per heavy atom. The van der Waals surface area contributed by atoms with Gasteiger partial charge in [-0.2, -0.15) is 13.2 Å². The van der Waals surface area contributed by atoms with Gasteiger partial charge >= 0.3 is 12.1 Å². The monoisotopic (exact) mass is 394 g/mol. The van der Waals surface area contributed by atoms with Crippen LogP contribution in [0.25, 0.3) is 0 Å². The lowest BCUT2D eigenvalue weighted by molar-refractivity contribution is -0.173. The van der Waals surface area contributed by atoms with E-state index in [9.17, 15) is 18.0 Å². The fraction of sp³-hybridized carbons (Fsp3) is 0.611. The van der Waals surface area contributed by atoms with Crippen LogP contribution in [0.2, 0.25) is 0 Å². The van der Waals surface area contributed by atoms with Gasteiger partial charge in [0.15, 0.2) is 0 Å². The number of nitrogens with zero attached hydrogens (tertiary/aromatic N) is 1. The Morgan fingerprint density at radius 2 is 1.92 bits per heavy atom. The summed E-state index contributed by atoms with van der Waals surface area (Å²) in [5.41, 5.74) is 1.52. The molecule has 148 valence electrons. The zero-order chi connectivity index (χ0) is 18.3. The number of hydrogen-bond acceptors (Lipinski definition) is 3. The van der Waals surface area contributed by atoms with E-state index in [1.165, 1.54) is 6.42 Å². The van der Waals surface area contributed by atoms with E-state index in [1.54, 1.807) is 12.1 Å². The number of amides is 1. The smallest absolute Gasteiger partial charge is 0.471 e. The molecule has 26 heavy (non-hydrogen) atoms. The molecule has 1 aliphatic heterocycles. The molecule has 1 aliphatic rings. The molecule has 0 bridgehead atoms. The van der Waals surface area contributed by atoms with E-state index in [0.29, 0.717) is 12.2 Å². The van der Waals surface area contributed by atoms with Crippen molar-refractivity contribution in [2.75, 3.05) is 24.6 Å². The number of carbonyl (C=O) groups is 1. The first kappa shape index (κ1) is 22.4. The van der Waals surface area contributed by atoms with Gasteiger partial charge in [-0.3, -0.25) is 4.79 Å². The van der Waals surface area contributed by atoms with Gasteiger partial charge < -0.3 is 15.0 Å². The lowest BCUT2D eigenvalue weighted by Crippen LogP contribution is -2.36. The van der Waals surface area contributed by atoms with E-state index in [0.717, 1.165) is 50.2 Å². The Bertz CT molecular complexity index is 576. The number of rotatable bonds is 7. The summed E-state index contributed by atoms with van der Waals surface area (Å²) in [6, 6.07) is 5.31. The predicted octanol–water partition coefficient (Wildman–Crippen LogP) is 4.46. The van der Waals surface area contributed by atoms with Gasteiger partial charge in [0.1, 0.15) is 5.75 Å². The number of hydrogen-bond donors (Lipinski definition) is 1. The Balaban J connectivity index is 0.00000338. The summed E-state index contributed by atoms with van der Waals surface area (Å²) in [6.45, 7) is 4.35. The van der Waals surface area contributed by atoms with Crippen molar-refractivity contribution in [3.05, 3.63) is 23.8 Å². The molecule has 1 aromatic rings. The Hall–Kier alpha value is -1.63. The van der Waals surface area contributed by atoms with Crippen LogP contribution in [-0.2, 0) is 11.3 Å². The van der Waals surface area contributed by atoms with Crippen molar-refractivity contribution < 1.29 is 22.7 Å². The van der Waals surface area contributed by atoms with Crippen LogP contribution in [0.1, 0.15) is 44.6 Å². The van der Waals surface area contributed by atoms with E-state index in [4.69, 9.17) is 4.74 Å². The van der Waals surface area contributed by atoms with Gasteiger partial charge in [-0.05, 0) is 43.4 Å². The molecule has 0 atom stereocenters. The molecule has 1 fully saturated rings. The molecular formula is C18H26ClF3N2O2. The number of piperidine rings is 1. The third-order valence-electron chi connectivity index (χ3n) is 4.19. The first-order valence-electron chi connectivity index (χ1n) is 8.77. The third kappa shape index (κ3) is 6.59. The molecule has 0 unspecified atom stereocenters. The molecule has 0 radical (unpaired) electrons. The van der Waals surface area contributed by atoms with Crippen molar-refractivity contribution in [2.45, 2.75) is 51.7 Å². The Morgan fingerprint density at radius 1 is 1.23 bits per heavy atom. The van der Waals surface area contributed by atoms with Gasteiger partial charge in [-0.1, -0.05) is 19.4 Å². The quantitative estimate of drug-likeness (QED) is 0.694. The third-order valence-corrected chi connectivity index (χ3v) is 4.19. The van der Waals surface area contributed by atoms with Crippen LogP contribution in [0.15, 0.2) is 18.2 Å². The minimum atomic E-state index is -4.86. The summed E-state index contributed by atoms with van der Waals surface area (Å²) in [4.78, 5) is 13.2.